The summed E-state index contributed by atoms with van der Waals surface area (Å²) in [5.74, 6) is -4.20. The van der Waals surface area contributed by atoms with Crippen LogP contribution in [0.5, 0.6) is 23.0 Å². The molecule has 0 saturated carbocycles. The van der Waals surface area contributed by atoms with Gasteiger partial charge in [0.15, 0.2) is 27.2 Å². The van der Waals surface area contributed by atoms with Gasteiger partial charge in [-0.05, 0) is 24.3 Å². The molecule has 4 radical (unpaired) electrons. The number of alkyl halides is 3. The van der Waals surface area contributed by atoms with Crippen LogP contribution in [0.3, 0.4) is 0 Å². The van der Waals surface area contributed by atoms with Gasteiger partial charge in [0.2, 0.25) is 0 Å². The number of aliphatic hydroxyl groups is 1. The van der Waals surface area contributed by atoms with E-state index in [2.05, 4.69) is 25.4 Å². The maximum absolute atomic E-state index is 14.2. The third-order valence-electron chi connectivity index (χ3n) is 3.05. The van der Waals surface area contributed by atoms with Gasteiger partial charge in [0.05, 0.1) is 7.11 Å². The van der Waals surface area contributed by atoms with Crippen LogP contribution in [0.25, 0.3) is 0 Å². The number of esters is 1. The maximum atomic E-state index is 14.2. The second-order valence-corrected chi connectivity index (χ2v) is 6.28. The van der Waals surface area contributed by atoms with Crippen LogP contribution in [0.15, 0.2) is 34.8 Å². The maximum Gasteiger partial charge on any atom is 0.573 e. The Morgan fingerprint density at radius 1 is 1.07 bits per heavy atom. The normalized spacial score (nSPS) is 11.7. The van der Waals surface area contributed by atoms with Crippen LogP contribution in [0.2, 0.25) is 0 Å². The van der Waals surface area contributed by atoms with Crippen molar-refractivity contribution in [1.82, 2.24) is 0 Å². The Bertz CT molecular complexity index is 918. The summed E-state index contributed by atoms with van der Waals surface area (Å²) in [6.45, 7) is 0. The molecule has 0 aliphatic carbocycles. The fraction of sp³-hybridized carbons (Fsp3) is 0.188. The van der Waals surface area contributed by atoms with Crippen LogP contribution in [0, 0.1) is 5.82 Å². The average Bonchev–Trinajstić information content (AvgIpc) is 2.53. The summed E-state index contributed by atoms with van der Waals surface area (Å²) >= 11 is 3.02. The highest BCUT2D eigenvalue weighted by molar-refractivity contribution is 9.10. The van der Waals surface area contributed by atoms with Gasteiger partial charge in [0.25, 0.3) is 0 Å². The van der Waals surface area contributed by atoms with Crippen LogP contribution in [-0.2, 0) is 4.74 Å². The number of ether oxygens (including phenoxy) is 4. The Kier molecular flexibility index (Phi) is 6.74. The van der Waals surface area contributed by atoms with E-state index in [1.54, 1.807) is 0 Å². The monoisotopic (exact) mass is 474 g/mol. The van der Waals surface area contributed by atoms with E-state index in [-0.39, 0.29) is 16.0 Å². The fourth-order valence-electron chi connectivity index (χ4n) is 2.07. The molecule has 0 aliphatic rings. The quantitative estimate of drug-likeness (QED) is 0.299. The second-order valence-electron chi connectivity index (χ2n) is 5.36. The molecule has 1 N–H and O–H groups in total. The lowest BCUT2D eigenvalue weighted by Gasteiger charge is -2.24. The first kappa shape index (κ1) is 22.9. The van der Waals surface area contributed by atoms with E-state index in [4.69, 9.17) is 25.2 Å². The minimum atomic E-state index is -5.02. The first-order valence-electron chi connectivity index (χ1n) is 7.43. The third-order valence-corrected chi connectivity index (χ3v) is 3.51. The molecule has 150 valence electrons. The predicted molar refractivity (Wildman–Crippen MR) is 95.7 cm³/mol. The molecule has 0 saturated heterocycles. The van der Waals surface area contributed by atoms with Crippen molar-refractivity contribution >= 4 is 37.6 Å². The molecule has 6 nitrogen and oxygen atoms in total. The molecule has 13 heteroatoms. The van der Waals surface area contributed by atoms with Crippen LogP contribution < -0.4 is 14.2 Å². The van der Waals surface area contributed by atoms with Crippen molar-refractivity contribution in [2.45, 2.75) is 11.9 Å². The fourth-order valence-corrected chi connectivity index (χ4v) is 2.48. The molecule has 2 rings (SSSR count). The zero-order chi connectivity index (χ0) is 22.0. The highest BCUT2D eigenvalue weighted by atomic mass is 79.9. The van der Waals surface area contributed by atoms with Gasteiger partial charge in [-0.3, -0.25) is 0 Å². The molecule has 0 amide bonds. The molecule has 0 bridgehead atoms. The molecule has 2 aromatic carbocycles. The van der Waals surface area contributed by atoms with E-state index in [0.29, 0.717) is 6.07 Å². The molecule has 0 aromatic heterocycles. The summed E-state index contributed by atoms with van der Waals surface area (Å²) in [6.07, 6.45) is -5.02. The number of carbonyl (C=O) groups is 1. The number of hydrogen-bond acceptors (Lipinski definition) is 6. The first-order valence-corrected chi connectivity index (χ1v) is 8.22. The molecular formula is C16H9B2BrF4O6. The van der Waals surface area contributed by atoms with Crippen molar-refractivity contribution in [2.24, 2.45) is 0 Å². The molecular weight excluding hydrogens is 466 g/mol. The Hall–Kier alpha value is -2.40. The number of hydrogen-bond donors (Lipinski definition) is 1. The van der Waals surface area contributed by atoms with Crippen LogP contribution >= 0.6 is 15.9 Å². The highest BCUT2D eigenvalue weighted by Crippen LogP contribution is 2.39. The molecule has 29 heavy (non-hydrogen) atoms. The second kappa shape index (κ2) is 8.54. The SMILES string of the molecule is [B]C([B])(O)Oc1cc(OC(F)(F)F)ccc1Oc1cc(Br)cc(F)c1C(=O)OC. The largest absolute Gasteiger partial charge is 0.573 e. The lowest BCUT2D eigenvalue weighted by atomic mass is 9.76. The molecule has 0 aliphatic heterocycles. The van der Waals surface area contributed by atoms with E-state index in [1.165, 1.54) is 6.07 Å². The smallest absolute Gasteiger partial charge is 0.478 e. The molecule has 2 aromatic rings. The first-order chi connectivity index (χ1) is 13.3. The van der Waals surface area contributed by atoms with Crippen molar-refractivity contribution in [3.05, 3.63) is 46.2 Å². The summed E-state index contributed by atoms with van der Waals surface area (Å²) in [5, 5.41) is 9.43. The lowest BCUT2D eigenvalue weighted by molar-refractivity contribution is -0.274. The van der Waals surface area contributed by atoms with E-state index in [1.807, 2.05) is 0 Å². The predicted octanol–water partition coefficient (Wildman–Crippen LogP) is 3.39. The molecule has 0 fully saturated rings. The zero-order valence-corrected chi connectivity index (χ0v) is 16.0. The molecule has 0 atom stereocenters. The van der Waals surface area contributed by atoms with Gasteiger partial charge in [0.1, 0.15) is 28.5 Å². The summed E-state index contributed by atoms with van der Waals surface area (Å²) in [6, 6.07) is 4.60. The Balaban J connectivity index is 2.53. The van der Waals surface area contributed by atoms with Gasteiger partial charge in [-0.2, -0.15) is 0 Å². The Morgan fingerprint density at radius 3 is 2.28 bits per heavy atom. The van der Waals surface area contributed by atoms with Gasteiger partial charge in [-0.15, -0.1) is 13.2 Å². The number of methoxy groups -OCH3 is 1. The van der Waals surface area contributed by atoms with Gasteiger partial charge in [0, 0.05) is 10.5 Å². The Morgan fingerprint density at radius 2 is 1.72 bits per heavy atom. The zero-order valence-electron chi connectivity index (χ0n) is 14.4. The number of benzene rings is 2. The molecule has 0 spiro atoms. The number of carbonyl (C=O) groups excluding carboxylic acids is 1. The van der Waals surface area contributed by atoms with E-state index in [0.717, 1.165) is 25.3 Å². The van der Waals surface area contributed by atoms with Crippen molar-refractivity contribution in [1.29, 1.82) is 0 Å². The van der Waals surface area contributed by atoms with E-state index < -0.39 is 40.8 Å². The summed E-state index contributed by atoms with van der Waals surface area (Å²) in [5.41, 5.74) is -3.41. The van der Waals surface area contributed by atoms with Gasteiger partial charge < -0.3 is 24.1 Å². The average molecular weight is 475 g/mol. The third kappa shape index (κ3) is 6.57. The van der Waals surface area contributed by atoms with Crippen LogP contribution in [0.4, 0.5) is 17.6 Å². The molecule has 0 unspecified atom stereocenters. The van der Waals surface area contributed by atoms with E-state index >= 15 is 0 Å². The van der Waals surface area contributed by atoms with Crippen molar-refractivity contribution in [3.8, 4) is 23.0 Å². The summed E-state index contributed by atoms with van der Waals surface area (Å²) < 4.78 is 70.1. The topological polar surface area (TPSA) is 74.2 Å². The van der Waals surface area contributed by atoms with Crippen LogP contribution in [-0.4, -0.2) is 45.8 Å². The number of rotatable bonds is 6. The molecule has 0 heterocycles. The number of halogens is 5. The van der Waals surface area contributed by atoms with Crippen molar-refractivity contribution < 1.29 is 46.4 Å². The van der Waals surface area contributed by atoms with Crippen molar-refractivity contribution in [3.63, 3.8) is 0 Å². The highest BCUT2D eigenvalue weighted by Gasteiger charge is 2.32. The summed E-state index contributed by atoms with van der Waals surface area (Å²) in [4.78, 5) is 11.9. The van der Waals surface area contributed by atoms with Gasteiger partial charge >= 0.3 is 12.3 Å². The van der Waals surface area contributed by atoms with Gasteiger partial charge in [-0.25, -0.2) is 9.18 Å². The van der Waals surface area contributed by atoms with E-state index in [9.17, 15) is 27.5 Å². The lowest BCUT2D eigenvalue weighted by Crippen LogP contribution is -2.36. The standard InChI is InChI=1S/C16H9B2BrF4O6/c1-26-14(24)13-9(20)4-7(19)5-12(13)27-10-3-2-8(28-16(21,22)23)6-11(10)29-15(17,18)25/h2-6,25H,1H3. The van der Waals surface area contributed by atoms with Crippen molar-refractivity contribution in [2.75, 3.05) is 7.11 Å². The van der Waals surface area contributed by atoms with Crippen LogP contribution in [0.1, 0.15) is 10.4 Å². The Labute approximate surface area is 172 Å². The minimum absolute atomic E-state index is 0.173. The summed E-state index contributed by atoms with van der Waals surface area (Å²) in [7, 11) is 11.2. The van der Waals surface area contributed by atoms with Gasteiger partial charge in [-0.1, -0.05) is 15.9 Å². The minimum Gasteiger partial charge on any atom is -0.478 e.